The van der Waals surface area contributed by atoms with Gasteiger partial charge in [0.1, 0.15) is 0 Å². The second-order valence-electron chi connectivity index (χ2n) is 6.25. The van der Waals surface area contributed by atoms with Gasteiger partial charge in [-0.25, -0.2) is 0 Å². The van der Waals surface area contributed by atoms with Crippen LogP contribution in [0.5, 0.6) is 0 Å². The zero-order valence-electron chi connectivity index (χ0n) is 12.9. The number of halogens is 1. The SMILES string of the molecule is CC1CCCCN1CCNC(=O)[C@H]1CCN[C@@H](C)C1.Cl. The van der Waals surface area contributed by atoms with Crippen LogP contribution in [-0.4, -0.2) is 49.1 Å². The Morgan fingerprint density at radius 1 is 1.30 bits per heavy atom. The summed E-state index contributed by atoms with van der Waals surface area (Å²) in [6.45, 7) is 8.45. The molecule has 2 N–H and O–H groups in total. The van der Waals surface area contributed by atoms with E-state index in [9.17, 15) is 4.79 Å². The summed E-state index contributed by atoms with van der Waals surface area (Å²) in [5.41, 5.74) is 0. The lowest BCUT2D eigenvalue weighted by Gasteiger charge is -2.33. The number of carbonyl (C=O) groups is 1. The lowest BCUT2D eigenvalue weighted by atomic mass is 9.92. The summed E-state index contributed by atoms with van der Waals surface area (Å²) in [5.74, 6) is 0.480. The standard InChI is InChI=1S/C15H29N3O.ClH/c1-12-11-14(6-7-16-12)15(19)17-8-10-18-9-4-3-5-13(18)2;/h12-14,16H,3-11H2,1-2H3,(H,17,19);1H/t12-,13?,14-;/m0./s1. The summed E-state index contributed by atoms with van der Waals surface area (Å²) in [4.78, 5) is 14.6. The van der Waals surface area contributed by atoms with Gasteiger partial charge in [-0.3, -0.25) is 9.69 Å². The van der Waals surface area contributed by atoms with E-state index in [-0.39, 0.29) is 24.2 Å². The second-order valence-corrected chi connectivity index (χ2v) is 6.25. The average Bonchev–Trinajstić information content (AvgIpc) is 2.41. The van der Waals surface area contributed by atoms with E-state index in [4.69, 9.17) is 0 Å². The summed E-state index contributed by atoms with van der Waals surface area (Å²) in [5, 5.41) is 6.52. The van der Waals surface area contributed by atoms with Gasteiger partial charge in [-0.2, -0.15) is 0 Å². The van der Waals surface area contributed by atoms with Crippen LogP contribution < -0.4 is 10.6 Å². The number of amides is 1. The van der Waals surface area contributed by atoms with Crippen LogP contribution in [0.1, 0.15) is 46.0 Å². The first-order valence-corrected chi connectivity index (χ1v) is 7.92. The van der Waals surface area contributed by atoms with Crippen molar-refractivity contribution in [1.82, 2.24) is 15.5 Å². The molecule has 0 aromatic rings. The molecule has 5 heteroatoms. The first-order valence-electron chi connectivity index (χ1n) is 7.92. The van der Waals surface area contributed by atoms with Crippen molar-refractivity contribution in [2.75, 3.05) is 26.2 Å². The molecule has 0 saturated carbocycles. The molecular formula is C15H30ClN3O. The Labute approximate surface area is 129 Å². The summed E-state index contributed by atoms with van der Waals surface area (Å²) in [6, 6.07) is 1.16. The first-order chi connectivity index (χ1) is 9.16. The predicted octanol–water partition coefficient (Wildman–Crippen LogP) is 1.79. The number of nitrogens with zero attached hydrogens (tertiary/aromatic N) is 1. The molecule has 4 nitrogen and oxygen atoms in total. The molecule has 2 aliphatic heterocycles. The van der Waals surface area contributed by atoms with E-state index in [0.29, 0.717) is 12.1 Å². The van der Waals surface area contributed by atoms with Gasteiger partial charge in [-0.15, -0.1) is 12.4 Å². The van der Waals surface area contributed by atoms with E-state index in [1.54, 1.807) is 0 Å². The van der Waals surface area contributed by atoms with Gasteiger partial charge in [-0.1, -0.05) is 6.42 Å². The molecule has 2 heterocycles. The Morgan fingerprint density at radius 3 is 2.80 bits per heavy atom. The van der Waals surface area contributed by atoms with Gasteiger partial charge in [0.05, 0.1) is 0 Å². The highest BCUT2D eigenvalue weighted by Crippen LogP contribution is 2.17. The molecule has 0 radical (unpaired) electrons. The molecule has 0 aliphatic carbocycles. The maximum Gasteiger partial charge on any atom is 0.223 e. The van der Waals surface area contributed by atoms with E-state index < -0.39 is 0 Å². The number of carbonyl (C=O) groups excluding carboxylic acids is 1. The molecule has 2 fully saturated rings. The lowest BCUT2D eigenvalue weighted by molar-refractivity contribution is -0.126. The Hall–Kier alpha value is -0.320. The molecule has 1 amide bonds. The summed E-state index contributed by atoms with van der Waals surface area (Å²) in [7, 11) is 0. The highest BCUT2D eigenvalue weighted by molar-refractivity contribution is 5.85. The monoisotopic (exact) mass is 303 g/mol. The third-order valence-corrected chi connectivity index (χ3v) is 4.63. The molecule has 0 spiro atoms. The van der Waals surface area contributed by atoms with Gasteiger partial charge in [0.2, 0.25) is 5.91 Å². The minimum absolute atomic E-state index is 0. The van der Waals surface area contributed by atoms with Crippen molar-refractivity contribution in [2.24, 2.45) is 5.92 Å². The van der Waals surface area contributed by atoms with Crippen LogP contribution in [0.15, 0.2) is 0 Å². The van der Waals surface area contributed by atoms with Crippen LogP contribution in [0.25, 0.3) is 0 Å². The van der Waals surface area contributed by atoms with E-state index in [0.717, 1.165) is 32.5 Å². The van der Waals surface area contributed by atoms with Crippen molar-refractivity contribution >= 4 is 18.3 Å². The van der Waals surface area contributed by atoms with Gasteiger partial charge < -0.3 is 10.6 Å². The van der Waals surface area contributed by atoms with Crippen molar-refractivity contribution in [3.05, 3.63) is 0 Å². The number of nitrogens with one attached hydrogen (secondary N) is 2. The molecule has 2 saturated heterocycles. The zero-order valence-corrected chi connectivity index (χ0v) is 13.7. The van der Waals surface area contributed by atoms with Crippen LogP contribution in [-0.2, 0) is 4.79 Å². The Balaban J connectivity index is 0.00000200. The van der Waals surface area contributed by atoms with E-state index in [1.165, 1.54) is 25.8 Å². The van der Waals surface area contributed by atoms with Crippen molar-refractivity contribution in [1.29, 1.82) is 0 Å². The topological polar surface area (TPSA) is 44.4 Å². The van der Waals surface area contributed by atoms with Crippen molar-refractivity contribution in [3.63, 3.8) is 0 Å². The van der Waals surface area contributed by atoms with Crippen LogP contribution in [0.4, 0.5) is 0 Å². The van der Waals surface area contributed by atoms with Gasteiger partial charge >= 0.3 is 0 Å². The maximum atomic E-state index is 12.1. The van der Waals surface area contributed by atoms with E-state index in [1.807, 2.05) is 0 Å². The highest BCUT2D eigenvalue weighted by atomic mass is 35.5. The van der Waals surface area contributed by atoms with Gasteiger partial charge in [-0.05, 0) is 52.6 Å². The quantitative estimate of drug-likeness (QED) is 0.832. The molecule has 2 rings (SSSR count). The molecule has 0 aromatic carbocycles. The summed E-state index contributed by atoms with van der Waals surface area (Å²) >= 11 is 0. The fraction of sp³-hybridized carbons (Fsp3) is 0.933. The Bertz CT molecular complexity index is 301. The number of rotatable bonds is 4. The van der Waals surface area contributed by atoms with Gasteiger partial charge in [0.15, 0.2) is 0 Å². The lowest BCUT2D eigenvalue weighted by Crippen LogP contribution is -2.46. The van der Waals surface area contributed by atoms with Crippen LogP contribution in [0, 0.1) is 5.92 Å². The number of hydrogen-bond acceptors (Lipinski definition) is 3. The third-order valence-electron chi connectivity index (χ3n) is 4.63. The normalized spacial score (nSPS) is 31.4. The van der Waals surface area contributed by atoms with Crippen LogP contribution in [0.3, 0.4) is 0 Å². The Kier molecular flexibility index (Phi) is 7.85. The minimum Gasteiger partial charge on any atom is -0.355 e. The predicted molar refractivity (Wildman–Crippen MR) is 85.3 cm³/mol. The second kappa shape index (κ2) is 8.85. The Morgan fingerprint density at radius 2 is 2.10 bits per heavy atom. The van der Waals surface area contributed by atoms with E-state index in [2.05, 4.69) is 29.4 Å². The summed E-state index contributed by atoms with van der Waals surface area (Å²) < 4.78 is 0. The van der Waals surface area contributed by atoms with Gasteiger partial charge in [0.25, 0.3) is 0 Å². The molecule has 20 heavy (non-hydrogen) atoms. The fourth-order valence-corrected chi connectivity index (χ4v) is 3.33. The number of likely N-dealkylation sites (tertiary alicyclic amines) is 1. The minimum atomic E-state index is 0. The smallest absolute Gasteiger partial charge is 0.223 e. The largest absolute Gasteiger partial charge is 0.355 e. The van der Waals surface area contributed by atoms with Crippen molar-refractivity contribution in [2.45, 2.75) is 58.0 Å². The van der Waals surface area contributed by atoms with Crippen LogP contribution in [0.2, 0.25) is 0 Å². The highest BCUT2D eigenvalue weighted by Gasteiger charge is 2.24. The fourth-order valence-electron chi connectivity index (χ4n) is 3.33. The molecule has 3 atom stereocenters. The number of hydrogen-bond donors (Lipinski definition) is 2. The van der Waals surface area contributed by atoms with Crippen molar-refractivity contribution < 1.29 is 4.79 Å². The molecule has 0 bridgehead atoms. The molecule has 2 aliphatic rings. The molecule has 0 aromatic heterocycles. The summed E-state index contributed by atoms with van der Waals surface area (Å²) in [6.07, 6.45) is 5.93. The van der Waals surface area contributed by atoms with Crippen molar-refractivity contribution in [3.8, 4) is 0 Å². The van der Waals surface area contributed by atoms with Crippen LogP contribution >= 0.6 is 12.4 Å². The average molecular weight is 304 g/mol. The molecule has 118 valence electrons. The van der Waals surface area contributed by atoms with Gasteiger partial charge in [0, 0.05) is 31.1 Å². The van der Waals surface area contributed by atoms with E-state index >= 15 is 0 Å². The first kappa shape index (κ1) is 17.7. The maximum absolute atomic E-state index is 12.1. The molecule has 1 unspecified atom stereocenters. The number of piperidine rings is 2. The third kappa shape index (κ3) is 5.23. The zero-order chi connectivity index (χ0) is 13.7. The molecular weight excluding hydrogens is 274 g/mol.